The molecule has 3 nitrogen and oxygen atoms in total. The van der Waals surface area contributed by atoms with Gasteiger partial charge in [0, 0.05) is 6.04 Å². The van der Waals surface area contributed by atoms with Gasteiger partial charge in [-0.15, -0.1) is 0 Å². The van der Waals surface area contributed by atoms with E-state index in [2.05, 4.69) is 38.2 Å². The Morgan fingerprint density at radius 2 is 2.11 bits per heavy atom. The van der Waals surface area contributed by atoms with E-state index in [0.717, 1.165) is 19.0 Å². The number of nitrogens with one attached hydrogen (secondary N) is 1. The van der Waals surface area contributed by atoms with Crippen molar-refractivity contribution in [1.29, 1.82) is 0 Å². The van der Waals surface area contributed by atoms with Crippen molar-refractivity contribution in [3.8, 4) is 5.75 Å². The summed E-state index contributed by atoms with van der Waals surface area (Å²) in [4.78, 5) is 0. The van der Waals surface area contributed by atoms with E-state index >= 15 is 0 Å². The van der Waals surface area contributed by atoms with Crippen LogP contribution in [0.25, 0.3) is 0 Å². The van der Waals surface area contributed by atoms with Crippen LogP contribution in [-0.4, -0.2) is 31.9 Å². The van der Waals surface area contributed by atoms with Crippen LogP contribution in [0.15, 0.2) is 24.3 Å². The fourth-order valence-corrected chi connectivity index (χ4v) is 2.26. The lowest BCUT2D eigenvalue weighted by Gasteiger charge is -2.29. The maximum Gasteiger partial charge on any atom is 0.122 e. The lowest BCUT2D eigenvalue weighted by molar-refractivity contribution is 0.0352. The molecule has 100 valence electrons. The normalized spacial score (nSPS) is 24.2. The van der Waals surface area contributed by atoms with E-state index in [0.29, 0.717) is 18.6 Å². The summed E-state index contributed by atoms with van der Waals surface area (Å²) in [5, 5.41) is 3.49. The maximum atomic E-state index is 5.94. The van der Waals surface area contributed by atoms with E-state index in [1.807, 2.05) is 12.1 Å². The highest BCUT2D eigenvalue weighted by Gasteiger charge is 2.19. The van der Waals surface area contributed by atoms with E-state index in [1.54, 1.807) is 0 Å². The second-order valence-corrected chi connectivity index (χ2v) is 5.31. The summed E-state index contributed by atoms with van der Waals surface area (Å²) in [5.41, 5.74) is 1.27. The molecule has 2 rings (SSSR count). The van der Waals surface area contributed by atoms with E-state index in [-0.39, 0.29) is 6.04 Å². The molecule has 2 unspecified atom stereocenters. The molecule has 0 spiro atoms. The van der Waals surface area contributed by atoms with Gasteiger partial charge in [0.1, 0.15) is 12.4 Å². The molecule has 1 N–H and O–H groups in total. The summed E-state index contributed by atoms with van der Waals surface area (Å²) in [5.74, 6) is 1.48. The first-order chi connectivity index (χ1) is 8.66. The van der Waals surface area contributed by atoms with Crippen molar-refractivity contribution in [3.05, 3.63) is 29.8 Å². The van der Waals surface area contributed by atoms with Crippen LogP contribution in [0.5, 0.6) is 5.75 Å². The fourth-order valence-electron chi connectivity index (χ4n) is 2.26. The molecular formula is C15H23NO2. The van der Waals surface area contributed by atoms with Gasteiger partial charge in [0.05, 0.1) is 19.3 Å². The number of para-hydroxylation sites is 1. The molecule has 0 aliphatic carbocycles. The summed E-state index contributed by atoms with van der Waals surface area (Å²) in [6.07, 6.45) is 0. The molecule has 1 fully saturated rings. The van der Waals surface area contributed by atoms with Crippen LogP contribution in [0.1, 0.15) is 32.3 Å². The van der Waals surface area contributed by atoms with Crippen LogP contribution in [0.4, 0.5) is 0 Å². The molecule has 3 heteroatoms. The highest BCUT2D eigenvalue weighted by molar-refractivity contribution is 5.35. The first-order valence-corrected chi connectivity index (χ1v) is 6.72. The molecule has 1 aromatic rings. The minimum atomic E-state index is 0.286. The minimum absolute atomic E-state index is 0.286. The molecule has 18 heavy (non-hydrogen) atoms. The van der Waals surface area contributed by atoms with E-state index in [9.17, 15) is 0 Å². The molecule has 0 saturated carbocycles. The van der Waals surface area contributed by atoms with E-state index in [4.69, 9.17) is 9.47 Å². The first-order valence-electron chi connectivity index (χ1n) is 6.72. The van der Waals surface area contributed by atoms with E-state index in [1.165, 1.54) is 5.56 Å². The highest BCUT2D eigenvalue weighted by atomic mass is 16.5. The molecule has 0 bridgehead atoms. The lowest BCUT2D eigenvalue weighted by atomic mass is 10.0. The van der Waals surface area contributed by atoms with Gasteiger partial charge < -0.3 is 14.8 Å². The van der Waals surface area contributed by atoms with Gasteiger partial charge in [0.2, 0.25) is 0 Å². The SMILES string of the molecule is CC1COCC(COc2ccccc2C(C)C)N1. The van der Waals surface area contributed by atoms with Crippen molar-refractivity contribution in [1.82, 2.24) is 5.32 Å². The predicted octanol–water partition coefficient (Wildman–Crippen LogP) is 2.57. The molecular weight excluding hydrogens is 226 g/mol. The Hall–Kier alpha value is -1.06. The quantitative estimate of drug-likeness (QED) is 0.889. The van der Waals surface area contributed by atoms with Gasteiger partial charge in [-0.3, -0.25) is 0 Å². The molecule has 1 aliphatic rings. The van der Waals surface area contributed by atoms with E-state index < -0.39 is 0 Å². The Balaban J connectivity index is 1.93. The molecule has 0 radical (unpaired) electrons. The van der Waals surface area contributed by atoms with Crippen LogP contribution in [-0.2, 0) is 4.74 Å². The Kier molecular flexibility index (Phi) is 4.61. The third-order valence-corrected chi connectivity index (χ3v) is 3.19. The standard InChI is InChI=1S/C15H23NO2/c1-11(2)14-6-4-5-7-15(14)18-10-13-9-17-8-12(3)16-13/h4-7,11-13,16H,8-10H2,1-3H3. The molecule has 0 amide bonds. The monoisotopic (exact) mass is 249 g/mol. The zero-order chi connectivity index (χ0) is 13.0. The van der Waals surface area contributed by atoms with Crippen LogP contribution in [0.3, 0.4) is 0 Å². The van der Waals surface area contributed by atoms with Crippen LogP contribution >= 0.6 is 0 Å². The third-order valence-electron chi connectivity index (χ3n) is 3.19. The van der Waals surface area contributed by atoms with Crippen molar-refractivity contribution in [2.24, 2.45) is 0 Å². The number of benzene rings is 1. The third kappa shape index (κ3) is 3.47. The first kappa shape index (κ1) is 13.4. The number of hydrogen-bond acceptors (Lipinski definition) is 3. The predicted molar refractivity (Wildman–Crippen MR) is 73.2 cm³/mol. The summed E-state index contributed by atoms with van der Waals surface area (Å²) in [6, 6.07) is 8.96. The van der Waals surface area contributed by atoms with Gasteiger partial charge in [0.15, 0.2) is 0 Å². The molecule has 0 aromatic heterocycles. The second kappa shape index (κ2) is 6.21. The van der Waals surface area contributed by atoms with Crippen molar-refractivity contribution in [2.45, 2.75) is 38.8 Å². The molecule has 1 heterocycles. The second-order valence-electron chi connectivity index (χ2n) is 5.31. The molecule has 1 saturated heterocycles. The summed E-state index contributed by atoms with van der Waals surface area (Å²) < 4.78 is 11.5. The van der Waals surface area contributed by atoms with Crippen molar-refractivity contribution in [2.75, 3.05) is 19.8 Å². The molecule has 2 atom stereocenters. The number of morpholine rings is 1. The van der Waals surface area contributed by atoms with Gasteiger partial charge in [-0.25, -0.2) is 0 Å². The van der Waals surface area contributed by atoms with Gasteiger partial charge in [0.25, 0.3) is 0 Å². The summed E-state index contributed by atoms with van der Waals surface area (Å²) >= 11 is 0. The average Bonchev–Trinajstić information content (AvgIpc) is 2.37. The minimum Gasteiger partial charge on any atom is -0.492 e. The zero-order valence-corrected chi connectivity index (χ0v) is 11.5. The number of hydrogen-bond donors (Lipinski definition) is 1. The maximum absolute atomic E-state index is 5.94. The van der Waals surface area contributed by atoms with Crippen molar-refractivity contribution in [3.63, 3.8) is 0 Å². The largest absolute Gasteiger partial charge is 0.492 e. The zero-order valence-electron chi connectivity index (χ0n) is 11.5. The van der Waals surface area contributed by atoms with Gasteiger partial charge in [-0.2, -0.15) is 0 Å². The van der Waals surface area contributed by atoms with Crippen LogP contribution in [0, 0.1) is 0 Å². The average molecular weight is 249 g/mol. The van der Waals surface area contributed by atoms with Crippen molar-refractivity contribution >= 4 is 0 Å². The van der Waals surface area contributed by atoms with Crippen molar-refractivity contribution < 1.29 is 9.47 Å². The Morgan fingerprint density at radius 1 is 1.33 bits per heavy atom. The summed E-state index contributed by atoms with van der Waals surface area (Å²) in [6.45, 7) is 8.69. The smallest absolute Gasteiger partial charge is 0.122 e. The molecule has 1 aliphatic heterocycles. The molecule has 1 aromatic carbocycles. The Labute approximate surface area is 109 Å². The topological polar surface area (TPSA) is 30.5 Å². The number of rotatable bonds is 4. The van der Waals surface area contributed by atoms with Crippen LogP contribution < -0.4 is 10.1 Å². The van der Waals surface area contributed by atoms with Gasteiger partial charge in [-0.05, 0) is 24.5 Å². The van der Waals surface area contributed by atoms with Gasteiger partial charge in [-0.1, -0.05) is 32.0 Å². The lowest BCUT2D eigenvalue weighted by Crippen LogP contribution is -2.50. The van der Waals surface area contributed by atoms with Crippen LogP contribution in [0.2, 0.25) is 0 Å². The Bertz CT molecular complexity index is 379. The highest BCUT2D eigenvalue weighted by Crippen LogP contribution is 2.25. The number of ether oxygens (including phenoxy) is 2. The Morgan fingerprint density at radius 3 is 2.83 bits per heavy atom. The summed E-state index contributed by atoms with van der Waals surface area (Å²) in [7, 11) is 0. The van der Waals surface area contributed by atoms with Gasteiger partial charge >= 0.3 is 0 Å². The fraction of sp³-hybridized carbons (Fsp3) is 0.600.